The molecule has 2 fully saturated rings. The Balaban J connectivity index is 1.62. The van der Waals surface area contributed by atoms with Crippen molar-refractivity contribution < 1.29 is 44.2 Å². The molecule has 0 saturated carbocycles. The van der Waals surface area contributed by atoms with Gasteiger partial charge in [-0.2, -0.15) is 0 Å². The van der Waals surface area contributed by atoms with Crippen LogP contribution < -0.4 is 0 Å². The summed E-state index contributed by atoms with van der Waals surface area (Å²) in [6.45, 7) is 6.07. The number of epoxide rings is 1. The monoisotopic (exact) mass is 500 g/mol. The molecule has 0 unspecified atom stereocenters. The largest absolute Gasteiger partial charge is 0.481 e. The van der Waals surface area contributed by atoms with E-state index in [-0.39, 0.29) is 30.5 Å². The highest BCUT2D eigenvalue weighted by molar-refractivity contribution is 5.82. The highest BCUT2D eigenvalue weighted by Gasteiger charge is 2.48. The van der Waals surface area contributed by atoms with Crippen molar-refractivity contribution in [2.75, 3.05) is 13.2 Å². The first-order chi connectivity index (χ1) is 16.6. The maximum absolute atomic E-state index is 12.1. The number of hydrogen-bond acceptors (Lipinski definition) is 8. The van der Waals surface area contributed by atoms with Crippen LogP contribution in [0.1, 0.15) is 78.6 Å². The Bertz CT molecular complexity index is 692. The Labute approximate surface area is 208 Å². The van der Waals surface area contributed by atoms with Crippen LogP contribution in [0.2, 0.25) is 0 Å². The van der Waals surface area contributed by atoms with E-state index in [9.17, 15) is 24.9 Å². The number of aliphatic hydroxyl groups excluding tert-OH is 3. The molecule has 202 valence electrons. The molecule has 2 saturated heterocycles. The van der Waals surface area contributed by atoms with E-state index in [2.05, 4.69) is 0 Å². The van der Waals surface area contributed by atoms with Crippen molar-refractivity contribution in [3.8, 4) is 0 Å². The molecule has 9 heteroatoms. The Morgan fingerprint density at radius 2 is 1.69 bits per heavy atom. The lowest BCUT2D eigenvalue weighted by atomic mass is 9.85. The average molecular weight is 501 g/mol. The van der Waals surface area contributed by atoms with Crippen molar-refractivity contribution in [3.05, 3.63) is 11.6 Å². The topological polar surface area (TPSA) is 146 Å². The molecule has 35 heavy (non-hydrogen) atoms. The van der Waals surface area contributed by atoms with Crippen LogP contribution >= 0.6 is 0 Å². The van der Waals surface area contributed by atoms with Gasteiger partial charge in [0.2, 0.25) is 0 Å². The van der Waals surface area contributed by atoms with Gasteiger partial charge < -0.3 is 34.6 Å². The second kappa shape index (κ2) is 14.9. The van der Waals surface area contributed by atoms with E-state index in [0.29, 0.717) is 38.0 Å². The first kappa shape index (κ1) is 29.7. The molecule has 0 aromatic heterocycles. The molecule has 2 heterocycles. The van der Waals surface area contributed by atoms with Crippen LogP contribution in [-0.4, -0.2) is 82.2 Å². The normalized spacial score (nSPS) is 30.5. The summed E-state index contributed by atoms with van der Waals surface area (Å²) in [7, 11) is 0. The number of carbonyl (C=O) groups is 2. The summed E-state index contributed by atoms with van der Waals surface area (Å²) >= 11 is 0. The maximum Gasteiger partial charge on any atom is 0.330 e. The van der Waals surface area contributed by atoms with Crippen LogP contribution in [-0.2, 0) is 23.8 Å². The number of esters is 1. The zero-order chi connectivity index (χ0) is 26.0. The highest BCUT2D eigenvalue weighted by atomic mass is 16.6. The van der Waals surface area contributed by atoms with E-state index >= 15 is 0 Å². The van der Waals surface area contributed by atoms with Crippen LogP contribution in [0, 0.1) is 11.8 Å². The highest BCUT2D eigenvalue weighted by Crippen LogP contribution is 2.38. The number of carboxylic acids is 1. The number of carboxylic acid groups (broad SMARTS) is 1. The predicted octanol–water partition coefficient (Wildman–Crippen LogP) is 2.59. The molecule has 0 aliphatic carbocycles. The number of aliphatic hydroxyl groups is 3. The minimum absolute atomic E-state index is 0.0160. The minimum Gasteiger partial charge on any atom is -0.481 e. The van der Waals surface area contributed by atoms with Crippen LogP contribution in [0.25, 0.3) is 0 Å². The van der Waals surface area contributed by atoms with Gasteiger partial charge in [-0.25, -0.2) is 4.79 Å². The summed E-state index contributed by atoms with van der Waals surface area (Å²) in [5.74, 6) is -1.42. The molecule has 0 amide bonds. The zero-order valence-electron chi connectivity index (χ0n) is 21.3. The molecule has 0 bridgehead atoms. The third-order valence-corrected chi connectivity index (χ3v) is 7.09. The number of carbonyl (C=O) groups excluding carboxylic acids is 1. The molecule has 4 N–H and O–H groups in total. The SMILES string of the molecule is C/C(=C/C(=O)OCCCCCCCCC(=O)O)C[C@H]1OC[C@@H](C[C@@H]2O[C@@H]2[C@H](C)[C@@H](C)O)[C@@H](O)[C@H]1O. The summed E-state index contributed by atoms with van der Waals surface area (Å²) in [6.07, 6.45) is 4.61. The second-order valence-corrected chi connectivity index (χ2v) is 10.2. The first-order valence-corrected chi connectivity index (χ1v) is 13.0. The Morgan fingerprint density at radius 3 is 2.34 bits per heavy atom. The molecule has 9 nitrogen and oxygen atoms in total. The van der Waals surface area contributed by atoms with Crippen molar-refractivity contribution in [3.63, 3.8) is 0 Å². The molecule has 8 atom stereocenters. The number of unbranched alkanes of at least 4 members (excludes halogenated alkanes) is 5. The molecular formula is C26H44O9. The van der Waals surface area contributed by atoms with E-state index in [1.54, 1.807) is 13.8 Å². The average Bonchev–Trinajstić information content (AvgIpc) is 3.55. The van der Waals surface area contributed by atoms with Crippen molar-refractivity contribution in [2.45, 2.75) is 115 Å². The van der Waals surface area contributed by atoms with E-state index in [1.165, 1.54) is 6.08 Å². The smallest absolute Gasteiger partial charge is 0.330 e. The fraction of sp³-hybridized carbons (Fsp3) is 0.846. The van der Waals surface area contributed by atoms with Crippen LogP contribution in [0.5, 0.6) is 0 Å². The Hall–Kier alpha value is -1.52. The molecule has 0 aromatic carbocycles. The zero-order valence-corrected chi connectivity index (χ0v) is 21.3. The standard InChI is InChI=1S/C26H44O9/c1-16(13-23(30)33-11-9-7-5-4-6-8-10-22(28)29)12-20-25(32)24(31)19(15-34-20)14-21-26(35-21)17(2)18(3)27/h13,17-21,24-27,31-32H,4-12,14-15H2,1-3H3,(H,28,29)/b16-13-/t17-,18-,19-,20-,21+,24-,25+,26-/m1/s1. The summed E-state index contributed by atoms with van der Waals surface area (Å²) in [6, 6.07) is 0. The third-order valence-electron chi connectivity index (χ3n) is 7.09. The van der Waals surface area contributed by atoms with E-state index < -0.39 is 36.4 Å². The second-order valence-electron chi connectivity index (χ2n) is 10.2. The lowest BCUT2D eigenvalue weighted by molar-refractivity contribution is -0.165. The number of hydrogen-bond donors (Lipinski definition) is 4. The Kier molecular flexibility index (Phi) is 12.6. The van der Waals surface area contributed by atoms with Gasteiger partial charge in [-0.3, -0.25) is 4.79 Å². The fourth-order valence-electron chi connectivity index (χ4n) is 4.59. The van der Waals surface area contributed by atoms with E-state index in [0.717, 1.165) is 32.1 Å². The number of aliphatic carboxylic acids is 1. The molecule has 0 spiro atoms. The van der Waals surface area contributed by atoms with Gasteiger partial charge in [0.1, 0.15) is 6.10 Å². The van der Waals surface area contributed by atoms with Crippen molar-refractivity contribution >= 4 is 11.9 Å². The van der Waals surface area contributed by atoms with Crippen molar-refractivity contribution in [1.82, 2.24) is 0 Å². The van der Waals surface area contributed by atoms with E-state index in [1.807, 2.05) is 6.92 Å². The predicted molar refractivity (Wildman–Crippen MR) is 129 cm³/mol. The summed E-state index contributed by atoms with van der Waals surface area (Å²) in [5.41, 5.74) is 0.708. The summed E-state index contributed by atoms with van der Waals surface area (Å²) in [4.78, 5) is 22.5. The van der Waals surface area contributed by atoms with Crippen LogP contribution in [0.3, 0.4) is 0 Å². The van der Waals surface area contributed by atoms with Gasteiger partial charge in [0, 0.05) is 24.3 Å². The lowest BCUT2D eigenvalue weighted by Gasteiger charge is -2.38. The van der Waals surface area contributed by atoms with Crippen molar-refractivity contribution in [1.29, 1.82) is 0 Å². The maximum atomic E-state index is 12.1. The number of ether oxygens (including phenoxy) is 3. The summed E-state index contributed by atoms with van der Waals surface area (Å²) < 4.78 is 16.7. The van der Waals surface area contributed by atoms with Crippen LogP contribution in [0.15, 0.2) is 11.6 Å². The quantitative estimate of drug-likeness (QED) is 0.109. The molecule has 2 rings (SSSR count). The lowest BCUT2D eigenvalue weighted by Crippen LogP contribution is -2.50. The van der Waals surface area contributed by atoms with Gasteiger partial charge in [0.05, 0.1) is 43.7 Å². The molecule has 0 aromatic rings. The third kappa shape index (κ3) is 10.6. The summed E-state index contributed by atoms with van der Waals surface area (Å²) in [5, 5.41) is 39.5. The molecule has 2 aliphatic heterocycles. The first-order valence-electron chi connectivity index (χ1n) is 13.0. The van der Waals surface area contributed by atoms with Gasteiger partial charge in [-0.1, -0.05) is 38.2 Å². The Morgan fingerprint density at radius 1 is 1.03 bits per heavy atom. The van der Waals surface area contributed by atoms with Gasteiger partial charge in [0.15, 0.2) is 0 Å². The van der Waals surface area contributed by atoms with Crippen LogP contribution in [0.4, 0.5) is 0 Å². The minimum atomic E-state index is -1.06. The van der Waals surface area contributed by atoms with Gasteiger partial charge in [0.25, 0.3) is 0 Å². The number of rotatable bonds is 16. The van der Waals surface area contributed by atoms with Crippen molar-refractivity contribution in [2.24, 2.45) is 11.8 Å². The van der Waals surface area contributed by atoms with Gasteiger partial charge >= 0.3 is 11.9 Å². The van der Waals surface area contributed by atoms with Gasteiger partial charge in [-0.15, -0.1) is 0 Å². The molecule has 0 radical (unpaired) electrons. The van der Waals surface area contributed by atoms with Gasteiger partial charge in [-0.05, 0) is 39.5 Å². The fourth-order valence-corrected chi connectivity index (χ4v) is 4.59. The molecular weight excluding hydrogens is 456 g/mol. The van der Waals surface area contributed by atoms with E-state index in [4.69, 9.17) is 19.3 Å². The molecule has 2 aliphatic rings.